The predicted molar refractivity (Wildman–Crippen MR) is 75.4 cm³/mol. The minimum Gasteiger partial charge on any atom is -0.456 e. The maximum Gasteiger partial charge on any atom is 0.287 e. The molecule has 5 heteroatoms. The fourth-order valence-electron chi connectivity index (χ4n) is 2.07. The molecule has 1 amide bonds. The Kier molecular flexibility index (Phi) is 3.02. The summed E-state index contributed by atoms with van der Waals surface area (Å²) < 4.78 is 5.30. The van der Waals surface area contributed by atoms with Crippen LogP contribution in [0.15, 0.2) is 40.8 Å². The van der Waals surface area contributed by atoms with E-state index in [1.807, 2.05) is 31.2 Å². The fourth-order valence-corrected chi connectivity index (χ4v) is 2.07. The van der Waals surface area contributed by atoms with E-state index in [4.69, 9.17) is 4.42 Å². The van der Waals surface area contributed by atoms with Gasteiger partial charge < -0.3 is 14.7 Å². The molecule has 0 spiro atoms. The summed E-state index contributed by atoms with van der Waals surface area (Å²) in [4.78, 5) is 19.7. The second kappa shape index (κ2) is 4.85. The van der Waals surface area contributed by atoms with Crippen molar-refractivity contribution < 1.29 is 9.21 Å². The lowest BCUT2D eigenvalue weighted by Crippen LogP contribution is -2.26. The maximum absolute atomic E-state index is 12.0. The normalized spacial score (nSPS) is 12.5. The van der Waals surface area contributed by atoms with E-state index in [-0.39, 0.29) is 11.9 Å². The van der Waals surface area contributed by atoms with Gasteiger partial charge in [0, 0.05) is 0 Å². The van der Waals surface area contributed by atoms with E-state index in [2.05, 4.69) is 15.3 Å². The zero-order chi connectivity index (χ0) is 14.1. The average molecular weight is 269 g/mol. The van der Waals surface area contributed by atoms with Gasteiger partial charge in [0.1, 0.15) is 11.6 Å². The molecule has 0 saturated carbocycles. The number of rotatable bonds is 3. The van der Waals surface area contributed by atoms with Crippen molar-refractivity contribution in [1.29, 1.82) is 0 Å². The molecule has 1 aromatic carbocycles. The van der Waals surface area contributed by atoms with Crippen LogP contribution in [-0.2, 0) is 0 Å². The third-order valence-electron chi connectivity index (χ3n) is 3.13. The van der Waals surface area contributed by atoms with Gasteiger partial charge in [-0.25, -0.2) is 4.98 Å². The van der Waals surface area contributed by atoms with E-state index in [1.165, 1.54) is 0 Å². The molecular formula is C15H15N3O2. The van der Waals surface area contributed by atoms with Crippen LogP contribution in [0.2, 0.25) is 0 Å². The first-order valence-corrected chi connectivity index (χ1v) is 6.45. The van der Waals surface area contributed by atoms with E-state index >= 15 is 0 Å². The van der Waals surface area contributed by atoms with Gasteiger partial charge in [-0.3, -0.25) is 4.79 Å². The summed E-state index contributed by atoms with van der Waals surface area (Å²) in [6, 6.07) is 11.0. The molecule has 1 atom stereocenters. The zero-order valence-corrected chi connectivity index (χ0v) is 11.3. The van der Waals surface area contributed by atoms with Gasteiger partial charge in [0.2, 0.25) is 0 Å². The van der Waals surface area contributed by atoms with Crippen LogP contribution in [0.1, 0.15) is 35.1 Å². The molecule has 0 aliphatic heterocycles. The van der Waals surface area contributed by atoms with Crippen LogP contribution in [0.3, 0.4) is 0 Å². The van der Waals surface area contributed by atoms with Gasteiger partial charge in [0.15, 0.2) is 5.76 Å². The van der Waals surface area contributed by atoms with Gasteiger partial charge in [0.25, 0.3) is 5.91 Å². The summed E-state index contributed by atoms with van der Waals surface area (Å²) >= 11 is 0. The first kappa shape index (κ1) is 12.5. The Hall–Kier alpha value is -2.56. The monoisotopic (exact) mass is 269 g/mol. The van der Waals surface area contributed by atoms with Crippen LogP contribution in [-0.4, -0.2) is 15.9 Å². The Balaban J connectivity index is 1.78. The topological polar surface area (TPSA) is 70.9 Å². The fraction of sp³-hybridized carbons (Fsp3) is 0.200. The van der Waals surface area contributed by atoms with Gasteiger partial charge in [-0.2, -0.15) is 0 Å². The summed E-state index contributed by atoms with van der Waals surface area (Å²) in [5.41, 5.74) is 1.84. The first-order chi connectivity index (χ1) is 9.63. The Labute approximate surface area is 116 Å². The van der Waals surface area contributed by atoms with E-state index in [0.29, 0.717) is 11.5 Å². The van der Waals surface area contributed by atoms with Crippen molar-refractivity contribution in [3.8, 4) is 0 Å². The second-order valence-corrected chi connectivity index (χ2v) is 4.74. The number of hydrogen-bond donors (Lipinski definition) is 2. The molecule has 102 valence electrons. The Morgan fingerprint density at radius 3 is 2.80 bits per heavy atom. The van der Waals surface area contributed by atoms with Crippen molar-refractivity contribution in [1.82, 2.24) is 15.3 Å². The lowest BCUT2D eigenvalue weighted by atomic mass is 10.3. The molecule has 3 rings (SSSR count). The SMILES string of the molecule is Cc1ccc(C(=O)NC(C)c2nc3ccccc3[nH]2)o1. The van der Waals surface area contributed by atoms with E-state index in [9.17, 15) is 4.79 Å². The van der Waals surface area contributed by atoms with Crippen molar-refractivity contribution >= 4 is 16.9 Å². The van der Waals surface area contributed by atoms with Crippen molar-refractivity contribution in [3.05, 3.63) is 53.7 Å². The standard InChI is InChI=1S/C15H15N3O2/c1-9-7-8-13(20-9)15(19)16-10(2)14-17-11-5-3-4-6-12(11)18-14/h3-8,10H,1-2H3,(H,16,19)(H,17,18). The predicted octanol–water partition coefficient (Wildman–Crippen LogP) is 2.96. The molecule has 0 saturated heterocycles. The number of para-hydroxylation sites is 2. The number of carbonyl (C=O) groups excluding carboxylic acids is 1. The van der Waals surface area contributed by atoms with E-state index < -0.39 is 0 Å². The first-order valence-electron chi connectivity index (χ1n) is 6.45. The minimum absolute atomic E-state index is 0.222. The molecule has 2 heterocycles. The summed E-state index contributed by atoms with van der Waals surface area (Å²) in [6.07, 6.45) is 0. The summed E-state index contributed by atoms with van der Waals surface area (Å²) in [6.45, 7) is 3.69. The number of H-pyrrole nitrogens is 1. The molecule has 0 aliphatic carbocycles. The highest BCUT2D eigenvalue weighted by atomic mass is 16.3. The lowest BCUT2D eigenvalue weighted by molar-refractivity contribution is 0.0909. The van der Waals surface area contributed by atoms with Crippen LogP contribution in [0.5, 0.6) is 0 Å². The number of aromatic amines is 1. The van der Waals surface area contributed by atoms with E-state index in [1.54, 1.807) is 19.1 Å². The number of aryl methyl sites for hydroxylation is 1. The smallest absolute Gasteiger partial charge is 0.287 e. The number of fused-ring (bicyclic) bond motifs is 1. The summed E-state index contributed by atoms with van der Waals surface area (Å²) in [5, 5.41) is 2.86. The van der Waals surface area contributed by atoms with Crippen molar-refractivity contribution in [3.63, 3.8) is 0 Å². The van der Waals surface area contributed by atoms with Crippen LogP contribution in [0, 0.1) is 6.92 Å². The highest BCUT2D eigenvalue weighted by Gasteiger charge is 2.16. The summed E-state index contributed by atoms with van der Waals surface area (Å²) in [7, 11) is 0. The molecule has 3 aromatic rings. The lowest BCUT2D eigenvalue weighted by Gasteiger charge is -2.09. The number of hydrogen-bond acceptors (Lipinski definition) is 3. The number of amides is 1. The Morgan fingerprint density at radius 1 is 1.30 bits per heavy atom. The van der Waals surface area contributed by atoms with Gasteiger partial charge >= 0.3 is 0 Å². The molecule has 2 N–H and O–H groups in total. The van der Waals surface area contributed by atoms with Gasteiger partial charge in [-0.1, -0.05) is 12.1 Å². The molecule has 20 heavy (non-hydrogen) atoms. The number of imidazole rings is 1. The number of nitrogens with one attached hydrogen (secondary N) is 2. The third kappa shape index (κ3) is 2.30. The van der Waals surface area contributed by atoms with Crippen LogP contribution >= 0.6 is 0 Å². The third-order valence-corrected chi connectivity index (χ3v) is 3.13. The Bertz CT molecular complexity index is 724. The van der Waals surface area contributed by atoms with Crippen molar-refractivity contribution in [2.75, 3.05) is 0 Å². The summed E-state index contributed by atoms with van der Waals surface area (Å²) in [5.74, 6) is 1.51. The number of furan rings is 1. The highest BCUT2D eigenvalue weighted by Crippen LogP contribution is 2.16. The molecule has 2 aromatic heterocycles. The van der Waals surface area contributed by atoms with E-state index in [0.717, 1.165) is 16.9 Å². The molecule has 0 bridgehead atoms. The van der Waals surface area contributed by atoms with Crippen molar-refractivity contribution in [2.45, 2.75) is 19.9 Å². The quantitative estimate of drug-likeness (QED) is 0.768. The zero-order valence-electron chi connectivity index (χ0n) is 11.3. The van der Waals surface area contributed by atoms with Gasteiger partial charge in [-0.05, 0) is 38.1 Å². The average Bonchev–Trinajstić information content (AvgIpc) is 3.04. The molecule has 1 unspecified atom stereocenters. The number of benzene rings is 1. The van der Waals surface area contributed by atoms with Crippen molar-refractivity contribution in [2.24, 2.45) is 0 Å². The number of aromatic nitrogens is 2. The molecule has 0 radical (unpaired) electrons. The molecular weight excluding hydrogens is 254 g/mol. The van der Waals surface area contributed by atoms with Crippen LogP contribution in [0.25, 0.3) is 11.0 Å². The van der Waals surface area contributed by atoms with Crippen LogP contribution in [0.4, 0.5) is 0 Å². The number of carbonyl (C=O) groups is 1. The van der Waals surface area contributed by atoms with Gasteiger partial charge in [-0.15, -0.1) is 0 Å². The van der Waals surface area contributed by atoms with Gasteiger partial charge in [0.05, 0.1) is 17.1 Å². The minimum atomic E-state index is -0.244. The second-order valence-electron chi connectivity index (χ2n) is 4.74. The number of nitrogens with zero attached hydrogens (tertiary/aromatic N) is 1. The highest BCUT2D eigenvalue weighted by molar-refractivity contribution is 5.91. The molecule has 5 nitrogen and oxygen atoms in total. The van der Waals surface area contributed by atoms with Crippen LogP contribution < -0.4 is 5.32 Å². The Morgan fingerprint density at radius 2 is 2.10 bits per heavy atom. The maximum atomic E-state index is 12.0. The largest absolute Gasteiger partial charge is 0.456 e. The molecule has 0 aliphatic rings. The molecule has 0 fully saturated rings.